The van der Waals surface area contributed by atoms with E-state index in [2.05, 4.69) is 5.32 Å². The standard InChI is InChI=1S/C21H14Cl2N2O3/c1-27-18-4-2-3-17(11-18)25-21(26)14(12-24)9-19-5-6-20(28-19)13-7-15(22)10-16(23)8-13/h2-11H,1H3,(H,25,26)/b14-9-. The maximum Gasteiger partial charge on any atom is 0.266 e. The van der Waals surface area contributed by atoms with Gasteiger partial charge in [-0.25, -0.2) is 0 Å². The number of nitrogens with one attached hydrogen (secondary N) is 1. The Hall–Kier alpha value is -3.20. The number of rotatable bonds is 5. The van der Waals surface area contributed by atoms with Crippen LogP contribution in [0.1, 0.15) is 5.76 Å². The number of benzene rings is 2. The molecule has 0 aliphatic heterocycles. The smallest absolute Gasteiger partial charge is 0.266 e. The summed E-state index contributed by atoms with van der Waals surface area (Å²) in [5.41, 5.74) is 1.10. The van der Waals surface area contributed by atoms with E-state index in [0.717, 1.165) is 0 Å². The highest BCUT2D eigenvalue weighted by molar-refractivity contribution is 6.35. The van der Waals surface area contributed by atoms with Gasteiger partial charge in [-0.05, 0) is 42.5 Å². The Morgan fingerprint density at radius 2 is 1.89 bits per heavy atom. The Morgan fingerprint density at radius 3 is 2.57 bits per heavy atom. The molecule has 1 heterocycles. The minimum Gasteiger partial charge on any atom is -0.497 e. The SMILES string of the molecule is COc1cccc(NC(=O)/C(C#N)=C\c2ccc(-c3cc(Cl)cc(Cl)c3)o2)c1. The Balaban J connectivity index is 1.81. The van der Waals surface area contributed by atoms with Crippen LogP contribution in [0.5, 0.6) is 5.75 Å². The first-order chi connectivity index (χ1) is 13.5. The molecule has 0 aliphatic carbocycles. The fraction of sp³-hybridized carbons (Fsp3) is 0.0476. The molecule has 0 aliphatic rings. The van der Waals surface area contributed by atoms with E-state index >= 15 is 0 Å². The highest BCUT2D eigenvalue weighted by Gasteiger charge is 2.12. The zero-order chi connectivity index (χ0) is 20.1. The van der Waals surface area contributed by atoms with Gasteiger partial charge in [0, 0.05) is 33.4 Å². The molecule has 1 amide bonds. The second-order valence-electron chi connectivity index (χ2n) is 5.72. The third-order valence-electron chi connectivity index (χ3n) is 3.75. The van der Waals surface area contributed by atoms with E-state index in [1.165, 1.54) is 13.2 Å². The lowest BCUT2D eigenvalue weighted by Crippen LogP contribution is -2.13. The molecule has 3 rings (SSSR count). The van der Waals surface area contributed by atoms with Crippen molar-refractivity contribution in [2.24, 2.45) is 0 Å². The molecular formula is C21H14Cl2N2O3. The molecule has 0 radical (unpaired) electrons. The van der Waals surface area contributed by atoms with Gasteiger partial charge in [-0.15, -0.1) is 0 Å². The summed E-state index contributed by atoms with van der Waals surface area (Å²) in [4.78, 5) is 12.4. The highest BCUT2D eigenvalue weighted by Crippen LogP contribution is 2.29. The maximum absolute atomic E-state index is 12.4. The van der Waals surface area contributed by atoms with Gasteiger partial charge >= 0.3 is 0 Å². The average Bonchev–Trinajstić information content (AvgIpc) is 3.14. The monoisotopic (exact) mass is 412 g/mol. The first-order valence-corrected chi connectivity index (χ1v) is 8.87. The molecule has 7 heteroatoms. The lowest BCUT2D eigenvalue weighted by Gasteiger charge is -2.06. The summed E-state index contributed by atoms with van der Waals surface area (Å²) < 4.78 is 10.8. The second-order valence-corrected chi connectivity index (χ2v) is 6.59. The number of halogens is 2. The van der Waals surface area contributed by atoms with Crippen molar-refractivity contribution in [1.29, 1.82) is 5.26 Å². The van der Waals surface area contributed by atoms with E-state index in [9.17, 15) is 10.1 Å². The predicted molar refractivity (Wildman–Crippen MR) is 109 cm³/mol. The van der Waals surface area contributed by atoms with Gasteiger partial charge in [-0.2, -0.15) is 5.26 Å². The third-order valence-corrected chi connectivity index (χ3v) is 4.19. The van der Waals surface area contributed by atoms with Crippen molar-refractivity contribution in [1.82, 2.24) is 0 Å². The van der Waals surface area contributed by atoms with Crippen LogP contribution in [0.2, 0.25) is 10.0 Å². The van der Waals surface area contributed by atoms with Crippen LogP contribution < -0.4 is 10.1 Å². The molecule has 28 heavy (non-hydrogen) atoms. The first-order valence-electron chi connectivity index (χ1n) is 8.12. The van der Waals surface area contributed by atoms with Crippen LogP contribution in [0.15, 0.2) is 64.6 Å². The largest absolute Gasteiger partial charge is 0.497 e. The predicted octanol–water partition coefficient (Wildman–Crippen LogP) is 5.81. The normalized spacial score (nSPS) is 11.0. The molecule has 0 saturated carbocycles. The quantitative estimate of drug-likeness (QED) is 0.423. The van der Waals surface area contributed by atoms with Gasteiger partial charge < -0.3 is 14.5 Å². The van der Waals surface area contributed by atoms with Crippen molar-refractivity contribution in [2.45, 2.75) is 0 Å². The van der Waals surface area contributed by atoms with Crippen LogP contribution in [0.25, 0.3) is 17.4 Å². The number of furan rings is 1. The second kappa shape index (κ2) is 8.66. The van der Waals surface area contributed by atoms with Crippen molar-refractivity contribution in [2.75, 3.05) is 12.4 Å². The summed E-state index contributed by atoms with van der Waals surface area (Å²) in [6.07, 6.45) is 1.37. The number of nitriles is 1. The zero-order valence-electron chi connectivity index (χ0n) is 14.7. The Bertz CT molecular complexity index is 1080. The fourth-order valence-electron chi connectivity index (χ4n) is 2.47. The van der Waals surface area contributed by atoms with Crippen LogP contribution in [0.3, 0.4) is 0 Å². The third kappa shape index (κ3) is 4.74. The van der Waals surface area contributed by atoms with Crippen molar-refractivity contribution in [3.05, 3.63) is 76.0 Å². The zero-order valence-corrected chi connectivity index (χ0v) is 16.2. The molecule has 0 bridgehead atoms. The van der Waals surface area contributed by atoms with Crippen LogP contribution in [0, 0.1) is 11.3 Å². The number of carbonyl (C=O) groups excluding carboxylic acids is 1. The number of hydrogen-bond donors (Lipinski definition) is 1. The van der Waals surface area contributed by atoms with Crippen molar-refractivity contribution >= 4 is 40.9 Å². The van der Waals surface area contributed by atoms with Crippen LogP contribution in [-0.2, 0) is 4.79 Å². The number of anilines is 1. The van der Waals surface area contributed by atoms with E-state index in [0.29, 0.717) is 38.6 Å². The van der Waals surface area contributed by atoms with Gasteiger partial charge in [-0.3, -0.25) is 4.79 Å². The molecular weight excluding hydrogens is 399 g/mol. The Kier molecular flexibility index (Phi) is 6.05. The minimum absolute atomic E-state index is 0.104. The fourth-order valence-corrected chi connectivity index (χ4v) is 3.00. The number of ether oxygens (including phenoxy) is 1. The van der Waals surface area contributed by atoms with E-state index in [4.69, 9.17) is 32.4 Å². The topological polar surface area (TPSA) is 75.3 Å². The van der Waals surface area contributed by atoms with Crippen LogP contribution >= 0.6 is 23.2 Å². The van der Waals surface area contributed by atoms with Gasteiger partial charge in [0.15, 0.2) is 0 Å². The number of methoxy groups -OCH3 is 1. The summed E-state index contributed by atoms with van der Waals surface area (Å²) >= 11 is 12.0. The molecule has 0 atom stereocenters. The molecule has 140 valence electrons. The average molecular weight is 413 g/mol. The van der Waals surface area contributed by atoms with Crippen LogP contribution in [-0.4, -0.2) is 13.0 Å². The molecule has 0 unspecified atom stereocenters. The lowest BCUT2D eigenvalue weighted by molar-refractivity contribution is -0.112. The van der Waals surface area contributed by atoms with Gasteiger partial charge in [0.25, 0.3) is 5.91 Å². The number of carbonyl (C=O) groups is 1. The van der Waals surface area contributed by atoms with Gasteiger partial charge in [0.2, 0.25) is 0 Å². The summed E-state index contributed by atoms with van der Waals surface area (Å²) in [5, 5.41) is 13.0. The highest BCUT2D eigenvalue weighted by atomic mass is 35.5. The molecule has 0 saturated heterocycles. The summed E-state index contributed by atoms with van der Waals surface area (Å²) in [6, 6.07) is 17.1. The first kappa shape index (κ1) is 19.6. The van der Waals surface area contributed by atoms with E-state index < -0.39 is 5.91 Å². The number of hydrogen-bond acceptors (Lipinski definition) is 4. The Labute approximate surface area is 171 Å². The Morgan fingerprint density at radius 1 is 1.14 bits per heavy atom. The molecule has 2 aromatic carbocycles. The number of amides is 1. The summed E-state index contributed by atoms with van der Waals surface area (Å²) in [7, 11) is 1.53. The molecule has 1 N–H and O–H groups in total. The van der Waals surface area contributed by atoms with Gasteiger partial charge in [0.05, 0.1) is 7.11 Å². The van der Waals surface area contributed by atoms with Crippen molar-refractivity contribution in [3.63, 3.8) is 0 Å². The van der Waals surface area contributed by atoms with Gasteiger partial charge in [0.1, 0.15) is 28.9 Å². The number of nitrogens with zero attached hydrogens (tertiary/aromatic N) is 1. The van der Waals surface area contributed by atoms with E-state index in [1.807, 2.05) is 6.07 Å². The molecule has 1 aromatic heterocycles. The van der Waals surface area contributed by atoms with Crippen molar-refractivity contribution in [3.8, 4) is 23.1 Å². The summed E-state index contributed by atoms with van der Waals surface area (Å²) in [6.45, 7) is 0. The van der Waals surface area contributed by atoms with Crippen molar-refractivity contribution < 1.29 is 13.9 Å². The van der Waals surface area contributed by atoms with Gasteiger partial charge in [-0.1, -0.05) is 29.3 Å². The maximum atomic E-state index is 12.4. The lowest BCUT2D eigenvalue weighted by atomic mass is 10.2. The minimum atomic E-state index is -0.556. The molecule has 0 fully saturated rings. The van der Waals surface area contributed by atoms with E-state index in [1.54, 1.807) is 54.6 Å². The molecule has 0 spiro atoms. The van der Waals surface area contributed by atoms with E-state index in [-0.39, 0.29) is 5.57 Å². The molecule has 3 aromatic rings. The molecule has 5 nitrogen and oxygen atoms in total. The van der Waals surface area contributed by atoms with Crippen LogP contribution in [0.4, 0.5) is 5.69 Å². The summed E-state index contributed by atoms with van der Waals surface area (Å²) in [5.74, 6) is 0.903.